The third-order valence-electron chi connectivity index (χ3n) is 2.57. The van der Waals surface area contributed by atoms with Gasteiger partial charge in [-0.15, -0.1) is 0 Å². The van der Waals surface area contributed by atoms with Gasteiger partial charge in [0, 0.05) is 30.4 Å². The van der Waals surface area contributed by atoms with Crippen LogP contribution in [0.3, 0.4) is 0 Å². The molecular formula is C12H15N3O2. The average molecular weight is 233 g/mol. The van der Waals surface area contributed by atoms with E-state index in [4.69, 9.17) is 15.2 Å². The molecule has 2 N–H and O–H groups in total. The third-order valence-corrected chi connectivity index (χ3v) is 2.57. The fraction of sp³-hybridized carbons (Fsp3) is 0.250. The first-order valence-corrected chi connectivity index (χ1v) is 5.16. The van der Waals surface area contributed by atoms with Crippen molar-refractivity contribution in [3.8, 4) is 22.6 Å². The molecule has 0 saturated heterocycles. The van der Waals surface area contributed by atoms with Gasteiger partial charge in [0.05, 0.1) is 26.1 Å². The van der Waals surface area contributed by atoms with Crippen LogP contribution in [0.5, 0.6) is 11.5 Å². The summed E-state index contributed by atoms with van der Waals surface area (Å²) in [4.78, 5) is 0. The van der Waals surface area contributed by atoms with Crippen molar-refractivity contribution in [1.82, 2.24) is 9.78 Å². The van der Waals surface area contributed by atoms with Crippen LogP contribution >= 0.6 is 0 Å². The molecule has 2 aromatic rings. The maximum atomic E-state index is 5.89. The van der Waals surface area contributed by atoms with Crippen molar-refractivity contribution in [3.05, 3.63) is 24.5 Å². The minimum Gasteiger partial charge on any atom is -0.496 e. The van der Waals surface area contributed by atoms with Crippen molar-refractivity contribution < 1.29 is 9.47 Å². The van der Waals surface area contributed by atoms with Gasteiger partial charge in [-0.2, -0.15) is 5.10 Å². The number of aromatic nitrogens is 2. The molecule has 17 heavy (non-hydrogen) atoms. The predicted molar refractivity (Wildman–Crippen MR) is 66.2 cm³/mol. The smallest absolute Gasteiger partial charge is 0.145 e. The average Bonchev–Trinajstić information content (AvgIpc) is 2.75. The third kappa shape index (κ3) is 2.04. The quantitative estimate of drug-likeness (QED) is 0.819. The molecule has 1 aromatic heterocycles. The molecule has 0 radical (unpaired) electrons. The van der Waals surface area contributed by atoms with E-state index in [1.807, 2.05) is 19.3 Å². The van der Waals surface area contributed by atoms with Crippen LogP contribution in [0.4, 0.5) is 5.69 Å². The van der Waals surface area contributed by atoms with Gasteiger partial charge in [-0.05, 0) is 6.07 Å². The lowest BCUT2D eigenvalue weighted by atomic mass is 10.1. The molecule has 0 fully saturated rings. The zero-order chi connectivity index (χ0) is 12.4. The van der Waals surface area contributed by atoms with Crippen LogP contribution in [0.2, 0.25) is 0 Å². The summed E-state index contributed by atoms with van der Waals surface area (Å²) in [6, 6.07) is 3.60. The maximum absolute atomic E-state index is 5.89. The lowest BCUT2D eigenvalue weighted by molar-refractivity contribution is 0.397. The minimum atomic E-state index is 0.576. The number of benzene rings is 1. The van der Waals surface area contributed by atoms with Crippen molar-refractivity contribution in [2.45, 2.75) is 0 Å². The standard InChI is InChI=1S/C12H15N3O2/c1-15-7-8(6-14-15)9-4-10(13)12(17-3)5-11(9)16-2/h4-7H,13H2,1-3H3. The number of nitrogen functional groups attached to an aromatic ring is 1. The van der Waals surface area contributed by atoms with Crippen LogP contribution in [0.1, 0.15) is 0 Å². The number of hydrogen-bond acceptors (Lipinski definition) is 4. The monoisotopic (exact) mass is 233 g/mol. The van der Waals surface area contributed by atoms with E-state index in [0.717, 1.165) is 11.1 Å². The van der Waals surface area contributed by atoms with Crippen LogP contribution in [0.15, 0.2) is 24.5 Å². The van der Waals surface area contributed by atoms with Gasteiger partial charge in [0.1, 0.15) is 11.5 Å². The zero-order valence-electron chi connectivity index (χ0n) is 10.1. The number of aryl methyl sites for hydroxylation is 1. The molecule has 2 rings (SSSR count). The molecule has 0 spiro atoms. The fourth-order valence-corrected chi connectivity index (χ4v) is 1.71. The minimum absolute atomic E-state index is 0.576. The number of methoxy groups -OCH3 is 2. The van der Waals surface area contributed by atoms with Gasteiger partial charge < -0.3 is 15.2 Å². The molecule has 5 nitrogen and oxygen atoms in total. The van der Waals surface area contributed by atoms with Crippen molar-refractivity contribution in [2.24, 2.45) is 7.05 Å². The molecule has 0 saturated carbocycles. The van der Waals surface area contributed by atoms with E-state index in [-0.39, 0.29) is 0 Å². The Balaban J connectivity index is 2.57. The van der Waals surface area contributed by atoms with Crippen molar-refractivity contribution in [1.29, 1.82) is 0 Å². The lowest BCUT2D eigenvalue weighted by Crippen LogP contribution is -1.95. The number of ether oxygens (including phenoxy) is 2. The first-order chi connectivity index (χ1) is 8.15. The van der Waals surface area contributed by atoms with Crippen LogP contribution in [0.25, 0.3) is 11.1 Å². The predicted octanol–water partition coefficient (Wildman–Crippen LogP) is 1.69. The Hall–Kier alpha value is -2.17. The number of nitrogens with zero attached hydrogens (tertiary/aromatic N) is 2. The summed E-state index contributed by atoms with van der Waals surface area (Å²) in [5.74, 6) is 1.32. The summed E-state index contributed by atoms with van der Waals surface area (Å²) in [7, 11) is 5.06. The van der Waals surface area contributed by atoms with Crippen LogP contribution < -0.4 is 15.2 Å². The molecule has 0 aliphatic rings. The van der Waals surface area contributed by atoms with Gasteiger partial charge in [-0.3, -0.25) is 4.68 Å². The van der Waals surface area contributed by atoms with Gasteiger partial charge in [-0.25, -0.2) is 0 Å². The second kappa shape index (κ2) is 4.37. The van der Waals surface area contributed by atoms with E-state index in [0.29, 0.717) is 17.2 Å². The zero-order valence-corrected chi connectivity index (χ0v) is 10.1. The Kier molecular flexibility index (Phi) is 2.91. The van der Waals surface area contributed by atoms with Gasteiger partial charge >= 0.3 is 0 Å². The van der Waals surface area contributed by atoms with E-state index >= 15 is 0 Å². The Labute approximate surface area is 99.8 Å². The summed E-state index contributed by atoms with van der Waals surface area (Å²) in [5, 5.41) is 4.13. The van der Waals surface area contributed by atoms with Gasteiger partial charge in [-0.1, -0.05) is 0 Å². The second-order valence-electron chi connectivity index (χ2n) is 3.70. The summed E-state index contributed by atoms with van der Waals surface area (Å²) in [6.45, 7) is 0. The Morgan fingerprint density at radius 1 is 1.18 bits per heavy atom. The Bertz CT molecular complexity index is 535. The highest BCUT2D eigenvalue weighted by molar-refractivity contribution is 5.76. The van der Waals surface area contributed by atoms with Crippen molar-refractivity contribution in [2.75, 3.05) is 20.0 Å². The fourth-order valence-electron chi connectivity index (χ4n) is 1.71. The number of rotatable bonds is 3. The van der Waals surface area contributed by atoms with Gasteiger partial charge in [0.15, 0.2) is 0 Å². The molecular weight excluding hydrogens is 218 g/mol. The van der Waals surface area contributed by atoms with Gasteiger partial charge in [0.25, 0.3) is 0 Å². The van der Waals surface area contributed by atoms with Crippen molar-refractivity contribution >= 4 is 5.69 Å². The van der Waals surface area contributed by atoms with E-state index in [1.165, 1.54) is 0 Å². The molecule has 1 heterocycles. The normalized spacial score (nSPS) is 10.3. The molecule has 0 aliphatic heterocycles. The molecule has 1 aromatic carbocycles. The van der Waals surface area contributed by atoms with Crippen LogP contribution in [-0.4, -0.2) is 24.0 Å². The molecule has 0 amide bonds. The Morgan fingerprint density at radius 2 is 1.88 bits per heavy atom. The summed E-state index contributed by atoms with van der Waals surface area (Å²) in [5.41, 5.74) is 8.33. The SMILES string of the molecule is COc1cc(OC)c(-c2cnn(C)c2)cc1N. The highest BCUT2D eigenvalue weighted by Gasteiger charge is 2.12. The van der Waals surface area contributed by atoms with E-state index in [1.54, 1.807) is 31.2 Å². The molecule has 0 unspecified atom stereocenters. The summed E-state index contributed by atoms with van der Waals surface area (Å²) >= 11 is 0. The van der Waals surface area contributed by atoms with Crippen LogP contribution in [0, 0.1) is 0 Å². The topological polar surface area (TPSA) is 62.3 Å². The molecule has 5 heteroatoms. The maximum Gasteiger partial charge on any atom is 0.145 e. The number of anilines is 1. The van der Waals surface area contributed by atoms with Crippen molar-refractivity contribution in [3.63, 3.8) is 0 Å². The highest BCUT2D eigenvalue weighted by atomic mass is 16.5. The second-order valence-corrected chi connectivity index (χ2v) is 3.70. The molecule has 90 valence electrons. The lowest BCUT2D eigenvalue weighted by Gasteiger charge is -2.11. The van der Waals surface area contributed by atoms with E-state index in [9.17, 15) is 0 Å². The highest BCUT2D eigenvalue weighted by Crippen LogP contribution is 2.37. The Morgan fingerprint density at radius 3 is 2.41 bits per heavy atom. The molecule has 0 aliphatic carbocycles. The first-order valence-electron chi connectivity index (χ1n) is 5.16. The van der Waals surface area contributed by atoms with E-state index < -0.39 is 0 Å². The summed E-state index contributed by atoms with van der Waals surface area (Å²) < 4.78 is 12.2. The molecule has 0 atom stereocenters. The molecule has 0 bridgehead atoms. The van der Waals surface area contributed by atoms with Crippen LogP contribution in [-0.2, 0) is 7.05 Å². The summed E-state index contributed by atoms with van der Waals surface area (Å²) in [6.07, 6.45) is 3.67. The largest absolute Gasteiger partial charge is 0.496 e. The number of hydrogen-bond donors (Lipinski definition) is 1. The first kappa shape index (κ1) is 11.3. The number of nitrogens with two attached hydrogens (primary N) is 1. The van der Waals surface area contributed by atoms with E-state index in [2.05, 4.69) is 5.10 Å². The van der Waals surface area contributed by atoms with Gasteiger partial charge in [0.2, 0.25) is 0 Å².